The van der Waals surface area contributed by atoms with E-state index in [0.29, 0.717) is 18.8 Å². The van der Waals surface area contributed by atoms with Gasteiger partial charge in [-0.3, -0.25) is 0 Å². The Bertz CT molecular complexity index is 361. The van der Waals surface area contributed by atoms with Crippen molar-refractivity contribution >= 4 is 5.97 Å². The quantitative estimate of drug-likeness (QED) is 0.775. The summed E-state index contributed by atoms with van der Waals surface area (Å²) in [6.45, 7) is 7.00. The van der Waals surface area contributed by atoms with Crippen LogP contribution in [0.15, 0.2) is 16.7 Å². The molecule has 0 atom stereocenters. The highest BCUT2D eigenvalue weighted by atomic mass is 16.5. The summed E-state index contributed by atoms with van der Waals surface area (Å²) in [7, 11) is 0. The number of carbonyl (C=O) groups is 1. The lowest BCUT2D eigenvalue weighted by Gasteiger charge is -2.19. The van der Waals surface area contributed by atoms with Gasteiger partial charge in [-0.1, -0.05) is 0 Å². The van der Waals surface area contributed by atoms with E-state index >= 15 is 0 Å². The number of aromatic carboxylic acids is 1. The first-order valence-corrected chi connectivity index (χ1v) is 5.41. The molecule has 1 heterocycles. The van der Waals surface area contributed by atoms with Gasteiger partial charge in [-0.2, -0.15) is 0 Å². The highest BCUT2D eigenvalue weighted by Gasteiger charge is 2.14. The molecule has 0 saturated heterocycles. The molecule has 5 nitrogen and oxygen atoms in total. The number of carboxylic acid groups (broad SMARTS) is 1. The van der Waals surface area contributed by atoms with Crippen molar-refractivity contribution in [2.75, 3.05) is 13.2 Å². The zero-order valence-corrected chi connectivity index (χ0v) is 10.4. The minimum absolute atomic E-state index is 0.0678. The van der Waals surface area contributed by atoms with Gasteiger partial charge in [0.15, 0.2) is 0 Å². The molecule has 0 amide bonds. The van der Waals surface area contributed by atoms with Crippen LogP contribution in [0.1, 0.15) is 36.9 Å². The van der Waals surface area contributed by atoms with Crippen LogP contribution in [-0.4, -0.2) is 29.9 Å². The molecule has 1 aromatic rings. The van der Waals surface area contributed by atoms with E-state index < -0.39 is 5.97 Å². The summed E-state index contributed by atoms with van der Waals surface area (Å²) in [5.41, 5.74) is 0.346. The Morgan fingerprint density at radius 2 is 2.12 bits per heavy atom. The Labute approximate surface area is 100 Å². The van der Waals surface area contributed by atoms with Crippen LogP contribution in [0, 0.1) is 0 Å². The van der Waals surface area contributed by atoms with Crippen LogP contribution in [0.4, 0.5) is 0 Å². The normalized spacial score (nSPS) is 11.7. The minimum atomic E-state index is -1.08. The molecule has 96 valence electrons. The summed E-state index contributed by atoms with van der Waals surface area (Å²) < 4.78 is 15.6. The van der Waals surface area contributed by atoms with E-state index in [4.69, 9.17) is 19.0 Å². The van der Waals surface area contributed by atoms with Gasteiger partial charge >= 0.3 is 5.97 Å². The van der Waals surface area contributed by atoms with Gasteiger partial charge < -0.3 is 19.0 Å². The first kappa shape index (κ1) is 13.7. The second-order valence-electron chi connectivity index (χ2n) is 4.59. The largest absolute Gasteiger partial charge is 0.475 e. The van der Waals surface area contributed by atoms with E-state index in [-0.39, 0.29) is 18.0 Å². The highest BCUT2D eigenvalue weighted by Crippen LogP contribution is 2.12. The third kappa shape index (κ3) is 5.01. The highest BCUT2D eigenvalue weighted by molar-refractivity contribution is 5.85. The van der Waals surface area contributed by atoms with Crippen LogP contribution in [0.3, 0.4) is 0 Å². The van der Waals surface area contributed by atoms with Crippen LogP contribution in [0.25, 0.3) is 0 Å². The lowest BCUT2D eigenvalue weighted by Crippen LogP contribution is -2.21. The third-order valence-corrected chi connectivity index (χ3v) is 1.96. The average Bonchev–Trinajstić information content (AvgIpc) is 2.63. The maximum absolute atomic E-state index is 10.7. The van der Waals surface area contributed by atoms with Gasteiger partial charge in [0.1, 0.15) is 0 Å². The van der Waals surface area contributed by atoms with Gasteiger partial charge in [-0.15, -0.1) is 0 Å². The molecule has 0 aliphatic carbocycles. The van der Waals surface area contributed by atoms with Crippen molar-refractivity contribution in [3.8, 4) is 0 Å². The molecule has 0 unspecified atom stereocenters. The molecule has 0 radical (unpaired) electrons. The number of carboxylic acids is 1. The van der Waals surface area contributed by atoms with E-state index in [1.807, 2.05) is 20.8 Å². The molecule has 0 aliphatic rings. The first-order chi connectivity index (χ1) is 7.90. The van der Waals surface area contributed by atoms with Gasteiger partial charge in [0.2, 0.25) is 5.76 Å². The smallest absolute Gasteiger partial charge is 0.372 e. The summed E-state index contributed by atoms with van der Waals surface area (Å²) in [5.74, 6) is -1.15. The summed E-state index contributed by atoms with van der Waals surface area (Å²) in [4.78, 5) is 10.7. The second-order valence-corrected chi connectivity index (χ2v) is 4.59. The number of furan rings is 1. The SMILES string of the molecule is CC(C)(C)OCCOCc1ccoc1C(=O)O. The van der Waals surface area contributed by atoms with Gasteiger partial charge in [-0.25, -0.2) is 4.79 Å². The van der Waals surface area contributed by atoms with E-state index in [1.54, 1.807) is 6.07 Å². The monoisotopic (exact) mass is 242 g/mol. The standard InChI is InChI=1S/C12H18O5/c1-12(2,3)17-7-6-15-8-9-4-5-16-10(9)11(13)14/h4-5H,6-8H2,1-3H3,(H,13,14). The van der Waals surface area contributed by atoms with Crippen molar-refractivity contribution in [3.05, 3.63) is 23.7 Å². The Morgan fingerprint density at radius 1 is 1.41 bits per heavy atom. The van der Waals surface area contributed by atoms with Crippen molar-refractivity contribution in [1.29, 1.82) is 0 Å². The van der Waals surface area contributed by atoms with Crippen LogP contribution in [0.2, 0.25) is 0 Å². The van der Waals surface area contributed by atoms with E-state index in [9.17, 15) is 4.79 Å². The molecule has 0 fully saturated rings. The molecule has 0 aliphatic heterocycles. The van der Waals surface area contributed by atoms with E-state index in [1.165, 1.54) is 6.26 Å². The molecule has 5 heteroatoms. The fourth-order valence-electron chi connectivity index (χ4n) is 1.23. The molecular formula is C12H18O5. The second kappa shape index (κ2) is 5.84. The Kier molecular flexibility index (Phi) is 4.72. The van der Waals surface area contributed by atoms with Gasteiger partial charge in [0, 0.05) is 5.56 Å². The zero-order valence-electron chi connectivity index (χ0n) is 10.4. The maximum atomic E-state index is 10.7. The van der Waals surface area contributed by atoms with Crippen LogP contribution in [-0.2, 0) is 16.1 Å². The Balaban J connectivity index is 2.27. The summed E-state index contributed by atoms with van der Waals surface area (Å²) in [5, 5.41) is 8.79. The number of hydrogen-bond acceptors (Lipinski definition) is 4. The molecule has 0 bridgehead atoms. The minimum Gasteiger partial charge on any atom is -0.475 e. The Hall–Kier alpha value is -1.33. The van der Waals surface area contributed by atoms with Crippen molar-refractivity contribution in [2.45, 2.75) is 33.0 Å². The lowest BCUT2D eigenvalue weighted by atomic mass is 10.2. The maximum Gasteiger partial charge on any atom is 0.372 e. The number of rotatable bonds is 6. The summed E-state index contributed by atoms with van der Waals surface area (Å²) in [6.07, 6.45) is 1.34. The average molecular weight is 242 g/mol. The van der Waals surface area contributed by atoms with Gasteiger partial charge in [-0.05, 0) is 26.8 Å². The summed E-state index contributed by atoms with van der Waals surface area (Å²) >= 11 is 0. The molecule has 1 N–H and O–H groups in total. The lowest BCUT2D eigenvalue weighted by molar-refractivity contribution is -0.0378. The third-order valence-electron chi connectivity index (χ3n) is 1.96. The fraction of sp³-hybridized carbons (Fsp3) is 0.583. The molecule has 0 aromatic carbocycles. The number of hydrogen-bond donors (Lipinski definition) is 1. The zero-order chi connectivity index (χ0) is 12.9. The molecule has 1 aromatic heterocycles. The van der Waals surface area contributed by atoms with Gasteiger partial charge in [0.05, 0.1) is 31.7 Å². The first-order valence-electron chi connectivity index (χ1n) is 5.41. The molecular weight excluding hydrogens is 224 g/mol. The van der Waals surface area contributed by atoms with Crippen LogP contribution < -0.4 is 0 Å². The Morgan fingerprint density at radius 3 is 2.71 bits per heavy atom. The topological polar surface area (TPSA) is 68.9 Å². The van der Waals surface area contributed by atoms with Crippen LogP contribution in [0.5, 0.6) is 0 Å². The van der Waals surface area contributed by atoms with Crippen LogP contribution >= 0.6 is 0 Å². The van der Waals surface area contributed by atoms with Crippen molar-refractivity contribution in [2.24, 2.45) is 0 Å². The van der Waals surface area contributed by atoms with Crippen molar-refractivity contribution in [1.82, 2.24) is 0 Å². The van der Waals surface area contributed by atoms with Crippen molar-refractivity contribution < 1.29 is 23.8 Å². The molecule has 17 heavy (non-hydrogen) atoms. The van der Waals surface area contributed by atoms with Gasteiger partial charge in [0.25, 0.3) is 0 Å². The van der Waals surface area contributed by atoms with Crippen molar-refractivity contribution in [3.63, 3.8) is 0 Å². The van der Waals surface area contributed by atoms with E-state index in [0.717, 1.165) is 0 Å². The molecule has 0 saturated carbocycles. The van der Waals surface area contributed by atoms with E-state index in [2.05, 4.69) is 0 Å². The predicted molar refractivity (Wildman–Crippen MR) is 61.0 cm³/mol. The number of ether oxygens (including phenoxy) is 2. The fourth-order valence-corrected chi connectivity index (χ4v) is 1.23. The molecule has 0 spiro atoms. The predicted octanol–water partition coefficient (Wildman–Crippen LogP) is 2.31. The summed E-state index contributed by atoms with van der Waals surface area (Å²) in [6, 6.07) is 1.59. The molecule has 1 rings (SSSR count).